The fraction of sp³-hybridized carbons (Fsp3) is 0.167. The van der Waals surface area contributed by atoms with E-state index in [0.717, 1.165) is 16.0 Å². The number of aryl methyl sites for hydroxylation is 2. The van der Waals surface area contributed by atoms with Gasteiger partial charge in [0.05, 0.1) is 5.69 Å². The van der Waals surface area contributed by atoms with Crippen LogP contribution in [-0.2, 0) is 16.6 Å². The lowest BCUT2D eigenvalue weighted by Crippen LogP contribution is -2.54. The van der Waals surface area contributed by atoms with E-state index in [1.165, 1.54) is 6.08 Å². The molecule has 1 saturated heterocycles. The molecular weight excluding hydrogens is 306 g/mol. The molecule has 1 aromatic carbocycles. The Hall–Kier alpha value is -3.15. The lowest BCUT2D eigenvalue weighted by molar-refractivity contribution is -0.122. The van der Waals surface area contributed by atoms with E-state index in [2.05, 4.69) is 5.32 Å². The molecule has 0 radical (unpaired) electrons. The summed E-state index contributed by atoms with van der Waals surface area (Å²) in [5.41, 5.74) is 2.89. The number of imide groups is 2. The van der Waals surface area contributed by atoms with Crippen LogP contribution >= 0.6 is 0 Å². The number of benzene rings is 1. The quantitative estimate of drug-likeness (QED) is 0.681. The van der Waals surface area contributed by atoms with Gasteiger partial charge in [0, 0.05) is 19.4 Å². The number of hydrogen-bond donors (Lipinski definition) is 1. The van der Waals surface area contributed by atoms with E-state index in [1.54, 1.807) is 24.4 Å². The van der Waals surface area contributed by atoms with Gasteiger partial charge in [-0.1, -0.05) is 12.1 Å². The van der Waals surface area contributed by atoms with Gasteiger partial charge < -0.3 is 4.57 Å². The Kier molecular flexibility index (Phi) is 3.81. The molecule has 1 aliphatic heterocycles. The molecule has 24 heavy (non-hydrogen) atoms. The molecule has 122 valence electrons. The molecule has 0 spiro atoms. The number of amides is 4. The monoisotopic (exact) mass is 323 g/mol. The first-order valence-corrected chi connectivity index (χ1v) is 7.48. The third kappa shape index (κ3) is 2.62. The number of aromatic nitrogens is 1. The standard InChI is InChI=1S/C18H17N3O3/c1-11-5-4-6-15(12(11)2)21-17(23)14(16(22)19-18(21)24)9-13-7-8-20(3)10-13/h4-10H,1-3H3,(H,19,22,24)/b14-9-. The van der Waals surface area contributed by atoms with Gasteiger partial charge in [0.1, 0.15) is 5.57 Å². The number of nitrogens with zero attached hydrogens (tertiary/aromatic N) is 2. The molecular formula is C18H17N3O3. The molecule has 0 saturated carbocycles. The van der Waals surface area contributed by atoms with Crippen molar-refractivity contribution in [2.75, 3.05) is 4.90 Å². The van der Waals surface area contributed by atoms with Crippen LogP contribution in [0.25, 0.3) is 6.08 Å². The molecule has 3 rings (SSSR count). The summed E-state index contributed by atoms with van der Waals surface area (Å²) in [7, 11) is 1.84. The van der Waals surface area contributed by atoms with Crippen LogP contribution in [0.2, 0.25) is 0 Å². The van der Waals surface area contributed by atoms with Gasteiger partial charge in [-0.2, -0.15) is 0 Å². The van der Waals surface area contributed by atoms with E-state index in [9.17, 15) is 14.4 Å². The van der Waals surface area contributed by atoms with Gasteiger partial charge in [-0.3, -0.25) is 14.9 Å². The van der Waals surface area contributed by atoms with Crippen molar-refractivity contribution in [3.63, 3.8) is 0 Å². The SMILES string of the molecule is Cc1cccc(N2C(=O)NC(=O)/C(=C/c3ccn(C)c3)C2=O)c1C. The van der Waals surface area contributed by atoms with E-state index in [4.69, 9.17) is 0 Å². The third-order valence-corrected chi connectivity index (χ3v) is 4.08. The zero-order valence-corrected chi connectivity index (χ0v) is 13.7. The van der Waals surface area contributed by atoms with Crippen molar-refractivity contribution in [1.82, 2.24) is 9.88 Å². The van der Waals surface area contributed by atoms with E-state index in [-0.39, 0.29) is 5.57 Å². The normalized spacial score (nSPS) is 16.7. The van der Waals surface area contributed by atoms with Gasteiger partial charge in [0.2, 0.25) is 0 Å². The molecule has 0 unspecified atom stereocenters. The van der Waals surface area contributed by atoms with Crippen LogP contribution in [0.15, 0.2) is 42.2 Å². The number of nitrogens with one attached hydrogen (secondary N) is 1. The number of barbiturate groups is 1. The van der Waals surface area contributed by atoms with Crippen LogP contribution < -0.4 is 10.2 Å². The minimum absolute atomic E-state index is 0.0679. The first-order chi connectivity index (χ1) is 11.4. The Morgan fingerprint density at radius 1 is 1.08 bits per heavy atom. The minimum Gasteiger partial charge on any atom is -0.357 e. The second-order valence-electron chi connectivity index (χ2n) is 5.79. The van der Waals surface area contributed by atoms with Gasteiger partial charge in [-0.15, -0.1) is 0 Å². The van der Waals surface area contributed by atoms with Crippen LogP contribution in [0.4, 0.5) is 10.5 Å². The number of carbonyl (C=O) groups is 3. The Balaban J connectivity index is 2.06. The van der Waals surface area contributed by atoms with Gasteiger partial charge >= 0.3 is 6.03 Å². The van der Waals surface area contributed by atoms with Crippen LogP contribution in [0.1, 0.15) is 16.7 Å². The van der Waals surface area contributed by atoms with E-state index in [1.807, 2.05) is 37.7 Å². The summed E-state index contributed by atoms with van der Waals surface area (Å²) in [5, 5.41) is 2.23. The summed E-state index contributed by atoms with van der Waals surface area (Å²) >= 11 is 0. The molecule has 0 atom stereocenters. The number of hydrogen-bond acceptors (Lipinski definition) is 3. The molecule has 6 nitrogen and oxygen atoms in total. The fourth-order valence-corrected chi connectivity index (χ4v) is 2.63. The number of rotatable bonds is 2. The number of carbonyl (C=O) groups excluding carboxylic acids is 3. The highest BCUT2D eigenvalue weighted by Crippen LogP contribution is 2.26. The predicted octanol–water partition coefficient (Wildman–Crippen LogP) is 2.31. The van der Waals surface area contributed by atoms with Crippen LogP contribution in [0.3, 0.4) is 0 Å². The lowest BCUT2D eigenvalue weighted by Gasteiger charge is -2.28. The van der Waals surface area contributed by atoms with Gasteiger partial charge in [0.25, 0.3) is 11.8 Å². The second kappa shape index (κ2) is 5.81. The van der Waals surface area contributed by atoms with Crippen molar-refractivity contribution in [2.45, 2.75) is 13.8 Å². The third-order valence-electron chi connectivity index (χ3n) is 4.08. The molecule has 1 N–H and O–H groups in total. The van der Waals surface area contributed by atoms with E-state index < -0.39 is 17.8 Å². The first kappa shape index (κ1) is 15.7. The van der Waals surface area contributed by atoms with Crippen molar-refractivity contribution in [2.24, 2.45) is 7.05 Å². The maximum atomic E-state index is 12.8. The number of urea groups is 1. The molecule has 0 bridgehead atoms. The first-order valence-electron chi connectivity index (χ1n) is 7.48. The lowest BCUT2D eigenvalue weighted by atomic mass is 10.0. The Bertz CT molecular complexity index is 893. The van der Waals surface area contributed by atoms with E-state index in [0.29, 0.717) is 11.3 Å². The predicted molar refractivity (Wildman–Crippen MR) is 90.3 cm³/mol. The van der Waals surface area contributed by atoms with Crippen LogP contribution in [0.5, 0.6) is 0 Å². The summed E-state index contributed by atoms with van der Waals surface area (Å²) in [6.07, 6.45) is 5.08. The molecule has 1 aliphatic rings. The van der Waals surface area contributed by atoms with Crippen molar-refractivity contribution < 1.29 is 14.4 Å². The highest BCUT2D eigenvalue weighted by molar-refractivity contribution is 6.39. The summed E-state index contributed by atoms with van der Waals surface area (Å²) in [5.74, 6) is -1.31. The topological polar surface area (TPSA) is 71.4 Å². The molecule has 1 aromatic heterocycles. The van der Waals surface area contributed by atoms with Crippen molar-refractivity contribution in [3.8, 4) is 0 Å². The van der Waals surface area contributed by atoms with Gasteiger partial charge in [0.15, 0.2) is 0 Å². The zero-order valence-electron chi connectivity index (χ0n) is 13.7. The van der Waals surface area contributed by atoms with Crippen molar-refractivity contribution >= 4 is 29.6 Å². The maximum Gasteiger partial charge on any atom is 0.335 e. The maximum absolute atomic E-state index is 12.8. The van der Waals surface area contributed by atoms with Crippen molar-refractivity contribution in [1.29, 1.82) is 0 Å². The molecule has 2 heterocycles. The smallest absolute Gasteiger partial charge is 0.335 e. The molecule has 1 fully saturated rings. The second-order valence-corrected chi connectivity index (χ2v) is 5.79. The van der Waals surface area contributed by atoms with Crippen LogP contribution in [0, 0.1) is 13.8 Å². The Morgan fingerprint density at radius 3 is 2.50 bits per heavy atom. The highest BCUT2D eigenvalue weighted by Gasteiger charge is 2.37. The molecule has 6 heteroatoms. The largest absolute Gasteiger partial charge is 0.357 e. The average molecular weight is 323 g/mol. The summed E-state index contributed by atoms with van der Waals surface area (Å²) < 4.78 is 1.81. The highest BCUT2D eigenvalue weighted by atomic mass is 16.2. The van der Waals surface area contributed by atoms with Crippen molar-refractivity contribution in [3.05, 3.63) is 58.9 Å². The average Bonchev–Trinajstić information content (AvgIpc) is 2.93. The summed E-state index contributed by atoms with van der Waals surface area (Å²) in [4.78, 5) is 38.1. The van der Waals surface area contributed by atoms with Crippen LogP contribution in [-0.4, -0.2) is 22.4 Å². The molecule has 4 amide bonds. The molecule has 2 aromatic rings. The Morgan fingerprint density at radius 2 is 1.83 bits per heavy atom. The fourth-order valence-electron chi connectivity index (χ4n) is 2.63. The summed E-state index contributed by atoms with van der Waals surface area (Å²) in [6.45, 7) is 3.74. The van der Waals surface area contributed by atoms with Gasteiger partial charge in [-0.05, 0) is 48.7 Å². The minimum atomic E-state index is -0.732. The van der Waals surface area contributed by atoms with Gasteiger partial charge in [-0.25, -0.2) is 9.69 Å². The zero-order chi connectivity index (χ0) is 17.4. The number of anilines is 1. The molecule has 0 aliphatic carbocycles. The van der Waals surface area contributed by atoms with E-state index >= 15 is 0 Å². The Labute approximate surface area is 139 Å². The summed E-state index contributed by atoms with van der Waals surface area (Å²) in [6, 6.07) is 6.41.